The molecule has 0 bridgehead atoms. The van der Waals surface area contributed by atoms with Crippen LogP contribution in [0, 0.1) is 0 Å². The SMILES string of the molecule is COc1cccc(N2C[C@@H](NS(=O)(=O)N(C)C)CC2=O)c1. The van der Waals surface area contributed by atoms with E-state index in [2.05, 4.69) is 4.72 Å². The summed E-state index contributed by atoms with van der Waals surface area (Å²) in [6.07, 6.45) is 0.143. The molecule has 116 valence electrons. The Kier molecular flexibility index (Phi) is 4.50. The van der Waals surface area contributed by atoms with Gasteiger partial charge < -0.3 is 9.64 Å². The molecule has 0 unspecified atom stereocenters. The largest absolute Gasteiger partial charge is 0.497 e. The molecule has 7 nitrogen and oxygen atoms in total. The summed E-state index contributed by atoms with van der Waals surface area (Å²) in [5.74, 6) is 0.535. The number of carbonyl (C=O) groups is 1. The molecule has 0 spiro atoms. The number of nitrogens with zero attached hydrogens (tertiary/aromatic N) is 2. The van der Waals surface area contributed by atoms with Crippen molar-refractivity contribution in [3.05, 3.63) is 24.3 Å². The molecule has 1 saturated heterocycles. The second-order valence-electron chi connectivity index (χ2n) is 5.01. The van der Waals surface area contributed by atoms with Gasteiger partial charge in [0, 0.05) is 44.9 Å². The minimum absolute atomic E-state index is 0.116. The minimum atomic E-state index is -3.54. The molecular formula is C13H19N3O4S. The van der Waals surface area contributed by atoms with Gasteiger partial charge >= 0.3 is 0 Å². The number of nitrogens with one attached hydrogen (secondary N) is 1. The maximum atomic E-state index is 12.1. The highest BCUT2D eigenvalue weighted by Crippen LogP contribution is 2.25. The van der Waals surface area contributed by atoms with Crippen molar-refractivity contribution in [2.24, 2.45) is 0 Å². The van der Waals surface area contributed by atoms with Crippen LogP contribution in [-0.4, -0.2) is 52.4 Å². The summed E-state index contributed by atoms with van der Waals surface area (Å²) in [7, 11) is 0.898. The third-order valence-corrected chi connectivity index (χ3v) is 4.88. The highest BCUT2D eigenvalue weighted by molar-refractivity contribution is 7.87. The van der Waals surface area contributed by atoms with Gasteiger partial charge in [0.1, 0.15) is 5.75 Å². The molecule has 8 heteroatoms. The van der Waals surface area contributed by atoms with Crippen molar-refractivity contribution >= 4 is 21.8 Å². The van der Waals surface area contributed by atoms with Gasteiger partial charge in [0.2, 0.25) is 5.91 Å². The van der Waals surface area contributed by atoms with E-state index in [4.69, 9.17) is 4.74 Å². The van der Waals surface area contributed by atoms with E-state index in [0.29, 0.717) is 18.0 Å². The van der Waals surface area contributed by atoms with Crippen LogP contribution in [0.3, 0.4) is 0 Å². The number of carbonyl (C=O) groups excluding carboxylic acids is 1. The number of amides is 1. The van der Waals surface area contributed by atoms with Crippen LogP contribution in [0.5, 0.6) is 5.75 Å². The Bertz CT molecular complexity index is 630. The van der Waals surface area contributed by atoms with Crippen molar-refractivity contribution in [1.29, 1.82) is 0 Å². The molecule has 1 aromatic carbocycles. The molecule has 0 saturated carbocycles. The lowest BCUT2D eigenvalue weighted by Gasteiger charge is -2.19. The first-order valence-corrected chi connectivity index (χ1v) is 7.91. The number of anilines is 1. The molecule has 21 heavy (non-hydrogen) atoms. The number of benzene rings is 1. The van der Waals surface area contributed by atoms with Gasteiger partial charge in [-0.1, -0.05) is 6.07 Å². The number of hydrogen-bond donors (Lipinski definition) is 1. The Morgan fingerprint density at radius 1 is 1.38 bits per heavy atom. The van der Waals surface area contributed by atoms with Gasteiger partial charge in [-0.3, -0.25) is 4.79 Å². The molecule has 0 aromatic heterocycles. The van der Waals surface area contributed by atoms with Gasteiger partial charge in [0.05, 0.1) is 7.11 Å². The van der Waals surface area contributed by atoms with Crippen molar-refractivity contribution in [3.8, 4) is 5.75 Å². The fourth-order valence-electron chi connectivity index (χ4n) is 2.13. The molecule has 1 amide bonds. The number of ether oxygens (including phenoxy) is 1. The molecule has 1 fully saturated rings. The third kappa shape index (κ3) is 3.52. The summed E-state index contributed by atoms with van der Waals surface area (Å²) >= 11 is 0. The molecule has 1 aliphatic rings. The molecule has 1 aromatic rings. The molecule has 1 aliphatic heterocycles. The van der Waals surface area contributed by atoms with Crippen LogP contribution in [-0.2, 0) is 15.0 Å². The van der Waals surface area contributed by atoms with E-state index in [9.17, 15) is 13.2 Å². The quantitative estimate of drug-likeness (QED) is 0.842. The van der Waals surface area contributed by atoms with Crippen LogP contribution in [0.15, 0.2) is 24.3 Å². The van der Waals surface area contributed by atoms with Crippen LogP contribution >= 0.6 is 0 Å². The van der Waals surface area contributed by atoms with Crippen LogP contribution in [0.4, 0.5) is 5.69 Å². The van der Waals surface area contributed by atoms with Crippen molar-refractivity contribution < 1.29 is 17.9 Å². The molecule has 0 radical (unpaired) electrons. The Labute approximate surface area is 124 Å². The van der Waals surface area contributed by atoms with Crippen molar-refractivity contribution in [2.75, 3.05) is 32.6 Å². The first-order chi connectivity index (χ1) is 9.83. The van der Waals surface area contributed by atoms with Crippen molar-refractivity contribution in [2.45, 2.75) is 12.5 Å². The topological polar surface area (TPSA) is 79.0 Å². The number of rotatable bonds is 5. The molecule has 1 heterocycles. The van der Waals surface area contributed by atoms with Gasteiger partial charge in [0.25, 0.3) is 10.2 Å². The van der Waals surface area contributed by atoms with Crippen LogP contribution in [0.2, 0.25) is 0 Å². The lowest BCUT2D eigenvalue weighted by atomic mass is 10.3. The van der Waals surface area contributed by atoms with Gasteiger partial charge in [-0.2, -0.15) is 17.4 Å². The highest BCUT2D eigenvalue weighted by Gasteiger charge is 2.33. The van der Waals surface area contributed by atoms with Gasteiger partial charge in [-0.05, 0) is 12.1 Å². The first kappa shape index (κ1) is 15.7. The smallest absolute Gasteiger partial charge is 0.279 e. The van der Waals surface area contributed by atoms with E-state index in [-0.39, 0.29) is 12.3 Å². The number of methoxy groups -OCH3 is 1. The van der Waals surface area contributed by atoms with E-state index in [1.165, 1.54) is 14.1 Å². The summed E-state index contributed by atoms with van der Waals surface area (Å²) in [5.41, 5.74) is 0.700. The Morgan fingerprint density at radius 3 is 2.71 bits per heavy atom. The average Bonchev–Trinajstić information content (AvgIpc) is 2.78. The van der Waals surface area contributed by atoms with Crippen LogP contribution in [0.25, 0.3) is 0 Å². The third-order valence-electron chi connectivity index (χ3n) is 3.29. The summed E-state index contributed by atoms with van der Waals surface area (Å²) in [6.45, 7) is 0.305. The average molecular weight is 313 g/mol. The van der Waals surface area contributed by atoms with Crippen molar-refractivity contribution in [3.63, 3.8) is 0 Å². The lowest BCUT2D eigenvalue weighted by molar-refractivity contribution is -0.117. The summed E-state index contributed by atoms with van der Waals surface area (Å²) in [4.78, 5) is 13.6. The zero-order chi connectivity index (χ0) is 15.6. The zero-order valence-electron chi connectivity index (χ0n) is 12.2. The summed E-state index contributed by atoms with van der Waals surface area (Å²) in [5, 5.41) is 0. The normalized spacial score (nSPS) is 19.3. The van der Waals surface area contributed by atoms with Crippen LogP contribution in [0.1, 0.15) is 6.42 Å². The molecule has 2 rings (SSSR count). The fourth-order valence-corrected chi connectivity index (χ4v) is 2.92. The number of hydrogen-bond acceptors (Lipinski definition) is 4. The zero-order valence-corrected chi connectivity index (χ0v) is 13.1. The lowest BCUT2D eigenvalue weighted by Crippen LogP contribution is -2.43. The standard InChI is InChI=1S/C13H19N3O4S/c1-15(2)21(18,19)14-10-7-13(17)16(9-10)11-5-4-6-12(8-11)20-3/h4-6,8,10,14H,7,9H2,1-3H3/t10-/m0/s1. The first-order valence-electron chi connectivity index (χ1n) is 6.47. The predicted molar refractivity (Wildman–Crippen MR) is 79.5 cm³/mol. The van der Waals surface area contributed by atoms with Crippen LogP contribution < -0.4 is 14.4 Å². The molecular weight excluding hydrogens is 294 g/mol. The molecule has 1 N–H and O–H groups in total. The van der Waals surface area contributed by atoms with E-state index in [0.717, 1.165) is 4.31 Å². The Hall–Kier alpha value is -1.64. The summed E-state index contributed by atoms with van der Waals surface area (Å²) in [6, 6.07) is 6.69. The van der Waals surface area contributed by atoms with E-state index in [1.807, 2.05) is 0 Å². The van der Waals surface area contributed by atoms with Gasteiger partial charge in [0.15, 0.2) is 0 Å². The van der Waals surface area contributed by atoms with Gasteiger partial charge in [-0.25, -0.2) is 0 Å². The Balaban J connectivity index is 2.13. The molecule has 0 aliphatic carbocycles. The highest BCUT2D eigenvalue weighted by atomic mass is 32.2. The maximum Gasteiger partial charge on any atom is 0.279 e. The molecule has 1 atom stereocenters. The predicted octanol–water partition coefficient (Wildman–Crippen LogP) is 0.197. The fraction of sp³-hybridized carbons (Fsp3) is 0.462. The van der Waals surface area contributed by atoms with E-state index < -0.39 is 16.3 Å². The second-order valence-corrected chi connectivity index (χ2v) is 6.93. The second kappa shape index (κ2) is 6.00. The Morgan fingerprint density at radius 2 is 2.10 bits per heavy atom. The monoisotopic (exact) mass is 313 g/mol. The maximum absolute atomic E-state index is 12.1. The van der Waals surface area contributed by atoms with Crippen molar-refractivity contribution in [1.82, 2.24) is 9.03 Å². The minimum Gasteiger partial charge on any atom is -0.497 e. The van der Waals surface area contributed by atoms with Gasteiger partial charge in [-0.15, -0.1) is 0 Å². The van der Waals surface area contributed by atoms with E-state index in [1.54, 1.807) is 36.3 Å². The van der Waals surface area contributed by atoms with E-state index >= 15 is 0 Å². The summed E-state index contributed by atoms with van der Waals surface area (Å²) < 4.78 is 32.3.